The van der Waals surface area contributed by atoms with Gasteiger partial charge in [0.1, 0.15) is 11.5 Å². The Bertz CT molecular complexity index is 693. The van der Waals surface area contributed by atoms with E-state index in [-0.39, 0.29) is 11.3 Å². The maximum Gasteiger partial charge on any atom is 0.119 e. The van der Waals surface area contributed by atoms with Crippen LogP contribution in [0, 0.1) is 0 Å². The number of hydrogen-bond donors (Lipinski definition) is 3. The van der Waals surface area contributed by atoms with Crippen molar-refractivity contribution in [3.63, 3.8) is 0 Å². The molecule has 1 saturated heterocycles. The second kappa shape index (κ2) is 3.90. The summed E-state index contributed by atoms with van der Waals surface area (Å²) in [5.41, 5.74) is 4.49. The number of ether oxygens (including phenoxy) is 1. The zero-order valence-corrected chi connectivity index (χ0v) is 11.2. The average molecular weight is 268 g/mol. The van der Waals surface area contributed by atoms with Gasteiger partial charge in [-0.25, -0.2) is 0 Å². The lowest BCUT2D eigenvalue weighted by Gasteiger charge is -2.48. The number of nitrogens with one attached hydrogen (secondary N) is 2. The molecule has 0 amide bonds. The molecule has 102 valence electrons. The number of hydrogen-bond acceptors (Lipinski definition) is 4. The number of aromatic hydroxyl groups is 1. The summed E-state index contributed by atoms with van der Waals surface area (Å²) in [5, 5.41) is 16.6. The van der Waals surface area contributed by atoms with E-state index < -0.39 is 0 Å². The van der Waals surface area contributed by atoms with Crippen LogP contribution in [0.25, 0.3) is 11.1 Å². The molecular formula is C16H16N2O2. The lowest BCUT2D eigenvalue weighted by Crippen LogP contribution is -2.62. The Kier molecular flexibility index (Phi) is 2.26. The van der Waals surface area contributed by atoms with E-state index in [1.165, 1.54) is 11.1 Å². The minimum atomic E-state index is -0.0926. The summed E-state index contributed by atoms with van der Waals surface area (Å²) < 4.78 is 5.36. The van der Waals surface area contributed by atoms with Gasteiger partial charge in [-0.05, 0) is 35.4 Å². The Morgan fingerprint density at radius 3 is 2.60 bits per heavy atom. The van der Waals surface area contributed by atoms with Gasteiger partial charge in [0.25, 0.3) is 0 Å². The molecule has 4 heteroatoms. The van der Waals surface area contributed by atoms with Crippen LogP contribution in [0.3, 0.4) is 0 Å². The summed E-state index contributed by atoms with van der Waals surface area (Å²) in [5.74, 6) is 1.16. The van der Waals surface area contributed by atoms with Gasteiger partial charge in [-0.3, -0.25) is 0 Å². The molecule has 1 fully saturated rings. The van der Waals surface area contributed by atoms with Gasteiger partial charge in [-0.15, -0.1) is 0 Å². The van der Waals surface area contributed by atoms with Crippen molar-refractivity contribution in [1.29, 1.82) is 0 Å². The molecule has 3 N–H and O–H groups in total. The molecule has 0 aliphatic carbocycles. The van der Waals surface area contributed by atoms with Crippen molar-refractivity contribution in [3.8, 4) is 22.6 Å². The fourth-order valence-electron chi connectivity index (χ4n) is 3.13. The molecule has 0 aromatic heterocycles. The maximum absolute atomic E-state index is 9.70. The summed E-state index contributed by atoms with van der Waals surface area (Å²) in [6.07, 6.45) is 0. The van der Waals surface area contributed by atoms with Gasteiger partial charge in [-0.1, -0.05) is 6.07 Å². The Morgan fingerprint density at radius 1 is 1.10 bits per heavy atom. The minimum Gasteiger partial charge on any atom is -0.508 e. The van der Waals surface area contributed by atoms with Crippen molar-refractivity contribution in [2.24, 2.45) is 0 Å². The van der Waals surface area contributed by atoms with E-state index in [4.69, 9.17) is 4.74 Å². The van der Waals surface area contributed by atoms with E-state index in [0.29, 0.717) is 0 Å². The first-order valence-corrected chi connectivity index (χ1v) is 6.73. The first-order chi connectivity index (χ1) is 9.72. The predicted octanol–water partition coefficient (Wildman–Crippen LogP) is 2.29. The van der Waals surface area contributed by atoms with Crippen LogP contribution < -0.4 is 15.4 Å². The molecule has 20 heavy (non-hydrogen) atoms. The number of phenolic OH excluding ortho intramolecular Hbond substituents is 1. The van der Waals surface area contributed by atoms with Crippen molar-refractivity contribution in [1.82, 2.24) is 5.32 Å². The van der Waals surface area contributed by atoms with E-state index in [2.05, 4.69) is 22.8 Å². The van der Waals surface area contributed by atoms with Crippen LogP contribution in [0.15, 0.2) is 36.4 Å². The number of methoxy groups -OCH3 is 1. The smallest absolute Gasteiger partial charge is 0.119 e. The van der Waals surface area contributed by atoms with Crippen LogP contribution in [0.4, 0.5) is 5.69 Å². The molecule has 0 bridgehead atoms. The standard InChI is InChI=1S/C16H16N2O2/c1-20-11-3-5-12-13-4-2-10(19)6-15(13)18-16(8-17-9-16)14(12)7-11/h2-7,17-19H,8-9H2,1H3. The third-order valence-corrected chi connectivity index (χ3v) is 4.26. The van der Waals surface area contributed by atoms with Crippen LogP contribution in [0.5, 0.6) is 11.5 Å². The third kappa shape index (κ3) is 1.45. The van der Waals surface area contributed by atoms with Gasteiger partial charge in [0.15, 0.2) is 0 Å². The molecular weight excluding hydrogens is 252 g/mol. The second-order valence-corrected chi connectivity index (χ2v) is 5.45. The number of fused-ring (bicyclic) bond motifs is 4. The van der Waals surface area contributed by atoms with E-state index in [1.54, 1.807) is 19.2 Å². The highest BCUT2D eigenvalue weighted by Gasteiger charge is 2.43. The fourth-order valence-corrected chi connectivity index (χ4v) is 3.13. The average Bonchev–Trinajstić information content (AvgIpc) is 2.43. The van der Waals surface area contributed by atoms with Crippen molar-refractivity contribution in [3.05, 3.63) is 42.0 Å². The molecule has 2 aliphatic heterocycles. The lowest BCUT2D eigenvalue weighted by atomic mass is 9.76. The Hall–Kier alpha value is -2.20. The molecule has 2 heterocycles. The minimum absolute atomic E-state index is 0.0926. The Balaban J connectivity index is 1.97. The molecule has 0 atom stereocenters. The summed E-state index contributed by atoms with van der Waals surface area (Å²) in [6.45, 7) is 1.75. The SMILES string of the molecule is COc1ccc2c(c1)C1(CNC1)Nc1cc(O)ccc1-2. The molecule has 2 aliphatic rings. The quantitative estimate of drug-likeness (QED) is 0.743. The summed E-state index contributed by atoms with van der Waals surface area (Å²) >= 11 is 0. The normalized spacial score (nSPS) is 17.6. The van der Waals surface area contributed by atoms with Gasteiger partial charge in [0.05, 0.1) is 12.6 Å². The highest BCUT2D eigenvalue weighted by Crippen LogP contribution is 2.47. The number of rotatable bonds is 1. The molecule has 4 nitrogen and oxygen atoms in total. The van der Waals surface area contributed by atoms with E-state index in [9.17, 15) is 5.11 Å². The Labute approximate surface area is 117 Å². The van der Waals surface area contributed by atoms with Gasteiger partial charge >= 0.3 is 0 Å². The topological polar surface area (TPSA) is 53.5 Å². The highest BCUT2D eigenvalue weighted by atomic mass is 16.5. The monoisotopic (exact) mass is 268 g/mol. The van der Waals surface area contributed by atoms with E-state index >= 15 is 0 Å². The number of anilines is 1. The molecule has 0 radical (unpaired) electrons. The lowest BCUT2D eigenvalue weighted by molar-refractivity contribution is 0.314. The van der Waals surface area contributed by atoms with Crippen LogP contribution in [-0.4, -0.2) is 25.3 Å². The van der Waals surface area contributed by atoms with Gasteiger partial charge < -0.3 is 20.5 Å². The van der Waals surface area contributed by atoms with Crippen LogP contribution >= 0.6 is 0 Å². The highest BCUT2D eigenvalue weighted by molar-refractivity contribution is 5.86. The van der Waals surface area contributed by atoms with Gasteiger partial charge in [-0.2, -0.15) is 0 Å². The fraction of sp³-hybridized carbons (Fsp3) is 0.250. The summed E-state index contributed by atoms with van der Waals surface area (Å²) in [7, 11) is 1.69. The van der Waals surface area contributed by atoms with Crippen LogP contribution in [-0.2, 0) is 5.54 Å². The van der Waals surface area contributed by atoms with Crippen molar-refractivity contribution in [2.75, 3.05) is 25.5 Å². The Morgan fingerprint density at radius 2 is 1.90 bits per heavy atom. The maximum atomic E-state index is 9.70. The zero-order chi connectivity index (χ0) is 13.7. The molecule has 1 spiro atoms. The largest absolute Gasteiger partial charge is 0.508 e. The second-order valence-electron chi connectivity index (χ2n) is 5.45. The molecule has 2 aromatic rings. The first-order valence-electron chi connectivity index (χ1n) is 6.73. The van der Waals surface area contributed by atoms with Crippen LogP contribution in [0.2, 0.25) is 0 Å². The van der Waals surface area contributed by atoms with Crippen molar-refractivity contribution >= 4 is 5.69 Å². The van der Waals surface area contributed by atoms with E-state index in [0.717, 1.165) is 30.1 Å². The summed E-state index contributed by atoms with van der Waals surface area (Å²) in [6, 6.07) is 11.7. The summed E-state index contributed by atoms with van der Waals surface area (Å²) in [4.78, 5) is 0. The molecule has 0 saturated carbocycles. The van der Waals surface area contributed by atoms with Crippen molar-refractivity contribution < 1.29 is 9.84 Å². The number of phenols is 1. The first kappa shape index (κ1) is 11.6. The molecule has 4 rings (SSSR count). The van der Waals surface area contributed by atoms with E-state index in [1.807, 2.05) is 12.1 Å². The third-order valence-electron chi connectivity index (χ3n) is 4.26. The zero-order valence-electron chi connectivity index (χ0n) is 11.2. The predicted molar refractivity (Wildman–Crippen MR) is 78.3 cm³/mol. The van der Waals surface area contributed by atoms with Gasteiger partial charge in [0.2, 0.25) is 0 Å². The molecule has 0 unspecified atom stereocenters. The molecule has 2 aromatic carbocycles. The van der Waals surface area contributed by atoms with Gasteiger partial charge in [0, 0.05) is 30.4 Å². The van der Waals surface area contributed by atoms with Crippen LogP contribution in [0.1, 0.15) is 5.56 Å². The number of benzene rings is 2. The van der Waals surface area contributed by atoms with Crippen molar-refractivity contribution in [2.45, 2.75) is 5.54 Å².